The Bertz CT molecular complexity index is 1030. The normalized spacial score (nSPS) is 26.4. The molecule has 4 rings (SSSR count). The Hall–Kier alpha value is -2.11. The molecular weight excluding hydrogens is 400 g/mol. The van der Waals surface area contributed by atoms with Crippen LogP contribution in [0.2, 0.25) is 0 Å². The minimum absolute atomic E-state index is 0.0624. The zero-order valence-electron chi connectivity index (χ0n) is 16.1. The van der Waals surface area contributed by atoms with Crippen LogP contribution >= 0.6 is 11.8 Å². The lowest BCUT2D eigenvalue weighted by Gasteiger charge is -2.47. The summed E-state index contributed by atoms with van der Waals surface area (Å²) in [6, 6.07) is 18.7. The predicted molar refractivity (Wildman–Crippen MR) is 117 cm³/mol. The lowest BCUT2D eigenvalue weighted by atomic mass is 9.63. The lowest BCUT2D eigenvalue weighted by molar-refractivity contribution is -0.110. The van der Waals surface area contributed by atoms with Crippen molar-refractivity contribution >= 4 is 27.9 Å². The van der Waals surface area contributed by atoms with Gasteiger partial charge in [0.25, 0.3) is 0 Å². The van der Waals surface area contributed by atoms with Crippen molar-refractivity contribution in [1.29, 1.82) is 0 Å². The molecule has 2 aliphatic rings. The summed E-state index contributed by atoms with van der Waals surface area (Å²) in [4.78, 5) is 13.5. The number of aldehydes is 1. The minimum Gasteiger partial charge on any atom is -0.303 e. The van der Waals surface area contributed by atoms with Gasteiger partial charge in [0.15, 0.2) is 0 Å². The third kappa shape index (κ3) is 3.86. The van der Waals surface area contributed by atoms with Crippen LogP contribution in [-0.4, -0.2) is 20.0 Å². The highest BCUT2D eigenvalue weighted by atomic mass is 32.2. The van der Waals surface area contributed by atoms with Crippen LogP contribution in [0, 0.1) is 11.3 Å². The SMILES string of the molecule is O=CC[C@@]12C=CC[C@@H](Sc3ccccc3)[C@@H]1C(S(=O)(=O)c1ccccc1)=CCC2. The molecule has 0 aromatic heterocycles. The second-order valence-corrected chi connectivity index (χ2v) is 10.9. The van der Waals surface area contributed by atoms with Crippen molar-refractivity contribution in [3.8, 4) is 0 Å². The Morgan fingerprint density at radius 1 is 1.03 bits per heavy atom. The van der Waals surface area contributed by atoms with Gasteiger partial charge in [-0.05, 0) is 43.5 Å². The molecule has 0 heterocycles. The van der Waals surface area contributed by atoms with E-state index in [4.69, 9.17) is 0 Å². The Morgan fingerprint density at radius 3 is 2.41 bits per heavy atom. The van der Waals surface area contributed by atoms with E-state index >= 15 is 0 Å². The number of hydrogen-bond acceptors (Lipinski definition) is 4. The van der Waals surface area contributed by atoms with Gasteiger partial charge in [-0.1, -0.05) is 54.6 Å². The molecule has 3 nitrogen and oxygen atoms in total. The second-order valence-electron chi connectivity index (χ2n) is 7.65. The molecule has 0 saturated carbocycles. The number of hydrogen-bond donors (Lipinski definition) is 0. The fraction of sp³-hybridized carbons (Fsp3) is 0.292. The Labute approximate surface area is 176 Å². The van der Waals surface area contributed by atoms with Crippen LogP contribution in [0.25, 0.3) is 0 Å². The number of thioether (sulfide) groups is 1. The quantitative estimate of drug-likeness (QED) is 0.457. The van der Waals surface area contributed by atoms with Crippen molar-refractivity contribution < 1.29 is 13.2 Å². The van der Waals surface area contributed by atoms with Gasteiger partial charge >= 0.3 is 0 Å². The van der Waals surface area contributed by atoms with Gasteiger partial charge in [0.2, 0.25) is 9.84 Å². The molecule has 0 N–H and O–H groups in total. The van der Waals surface area contributed by atoms with E-state index in [-0.39, 0.29) is 11.2 Å². The van der Waals surface area contributed by atoms with E-state index in [9.17, 15) is 13.2 Å². The van der Waals surface area contributed by atoms with Gasteiger partial charge in [-0.3, -0.25) is 0 Å². The fourth-order valence-electron chi connectivity index (χ4n) is 4.62. The van der Waals surface area contributed by atoms with Crippen molar-refractivity contribution in [3.05, 3.63) is 83.8 Å². The van der Waals surface area contributed by atoms with Crippen LogP contribution in [0.3, 0.4) is 0 Å². The Kier molecular flexibility index (Phi) is 5.79. The predicted octanol–water partition coefficient (Wildman–Crippen LogP) is 5.45. The molecule has 0 amide bonds. The number of rotatable bonds is 6. The first kappa shape index (κ1) is 20.2. The van der Waals surface area contributed by atoms with Crippen molar-refractivity contribution in [3.63, 3.8) is 0 Å². The number of benzene rings is 2. The van der Waals surface area contributed by atoms with Gasteiger partial charge in [0, 0.05) is 27.9 Å². The maximum Gasteiger partial charge on any atom is 0.202 e. The Morgan fingerprint density at radius 2 is 1.72 bits per heavy atom. The van der Waals surface area contributed by atoms with E-state index in [1.807, 2.05) is 30.3 Å². The first-order chi connectivity index (χ1) is 14.1. The summed E-state index contributed by atoms with van der Waals surface area (Å²) in [6.45, 7) is 0. The third-order valence-corrected chi connectivity index (χ3v) is 9.17. The summed E-state index contributed by atoms with van der Waals surface area (Å²) < 4.78 is 27.2. The summed E-state index contributed by atoms with van der Waals surface area (Å²) in [5.41, 5.74) is -0.432. The summed E-state index contributed by atoms with van der Waals surface area (Å²) in [5.74, 6) is -0.220. The van der Waals surface area contributed by atoms with Crippen LogP contribution in [0.4, 0.5) is 0 Å². The molecule has 0 unspecified atom stereocenters. The lowest BCUT2D eigenvalue weighted by Crippen LogP contribution is -2.43. The van der Waals surface area contributed by atoms with Gasteiger partial charge in [-0.15, -0.1) is 11.8 Å². The van der Waals surface area contributed by atoms with Gasteiger partial charge < -0.3 is 4.79 Å². The summed E-state index contributed by atoms with van der Waals surface area (Å²) >= 11 is 1.72. The largest absolute Gasteiger partial charge is 0.303 e. The molecule has 0 fully saturated rings. The molecule has 0 radical (unpaired) electrons. The summed E-state index contributed by atoms with van der Waals surface area (Å²) in [6.07, 6.45) is 9.69. The van der Waals surface area contributed by atoms with Gasteiger partial charge in [0.1, 0.15) is 6.29 Å². The second kappa shape index (κ2) is 8.33. The average Bonchev–Trinajstić information content (AvgIpc) is 2.75. The molecule has 0 saturated heterocycles. The van der Waals surface area contributed by atoms with Gasteiger partial charge in [0.05, 0.1) is 9.80 Å². The van der Waals surface area contributed by atoms with E-state index in [1.165, 1.54) is 0 Å². The van der Waals surface area contributed by atoms with E-state index in [2.05, 4.69) is 24.3 Å². The van der Waals surface area contributed by atoms with Crippen molar-refractivity contribution in [2.75, 3.05) is 0 Å². The zero-order valence-corrected chi connectivity index (χ0v) is 17.7. The van der Waals surface area contributed by atoms with Crippen LogP contribution in [0.1, 0.15) is 25.7 Å². The number of carbonyl (C=O) groups excluding carboxylic acids is 1. The standard InChI is InChI=1S/C24H24O3S2/c25-18-17-24-15-7-13-21(28-19-9-3-1-4-10-19)23(24)22(14-8-16-24)29(26,27)20-11-5-2-6-12-20/h1-7,9-12,14-15,18,21,23H,8,13,16-17H2/t21-,23-,24+/m1/s1. The van der Waals surface area contributed by atoms with Crippen LogP contribution in [0.15, 0.2) is 93.6 Å². The molecule has 2 aromatic carbocycles. The molecule has 0 bridgehead atoms. The minimum atomic E-state index is -3.62. The van der Waals surface area contributed by atoms with Gasteiger partial charge in [-0.25, -0.2) is 8.42 Å². The average molecular weight is 425 g/mol. The monoisotopic (exact) mass is 424 g/mol. The molecule has 2 aliphatic carbocycles. The smallest absolute Gasteiger partial charge is 0.202 e. The van der Waals surface area contributed by atoms with Crippen molar-refractivity contribution in [1.82, 2.24) is 0 Å². The topological polar surface area (TPSA) is 51.2 Å². The molecule has 0 aliphatic heterocycles. The Balaban J connectivity index is 1.80. The van der Waals surface area contributed by atoms with Crippen molar-refractivity contribution in [2.45, 2.75) is 40.7 Å². The van der Waals surface area contributed by atoms with Crippen LogP contribution in [-0.2, 0) is 14.6 Å². The highest BCUT2D eigenvalue weighted by Gasteiger charge is 2.49. The molecule has 5 heteroatoms. The van der Waals surface area contributed by atoms with E-state index < -0.39 is 15.3 Å². The maximum atomic E-state index is 13.6. The number of allylic oxidation sites excluding steroid dienone is 4. The van der Waals surface area contributed by atoms with E-state index in [0.29, 0.717) is 22.6 Å². The van der Waals surface area contributed by atoms with Crippen molar-refractivity contribution in [2.24, 2.45) is 11.3 Å². The summed E-state index contributed by atoms with van der Waals surface area (Å²) in [5, 5.41) is 0.0624. The van der Waals surface area contributed by atoms with E-state index in [0.717, 1.165) is 24.0 Å². The first-order valence-electron chi connectivity index (χ1n) is 9.90. The fourth-order valence-corrected chi connectivity index (χ4v) is 7.99. The van der Waals surface area contributed by atoms with Crippen LogP contribution in [0.5, 0.6) is 0 Å². The van der Waals surface area contributed by atoms with E-state index in [1.54, 1.807) is 36.0 Å². The third-order valence-electron chi connectivity index (χ3n) is 5.93. The molecule has 3 atom stereocenters. The molecule has 150 valence electrons. The summed E-state index contributed by atoms with van der Waals surface area (Å²) in [7, 11) is -3.62. The zero-order chi connectivity index (χ0) is 20.3. The molecule has 29 heavy (non-hydrogen) atoms. The highest BCUT2D eigenvalue weighted by molar-refractivity contribution is 8.00. The van der Waals surface area contributed by atoms with Crippen LogP contribution < -0.4 is 0 Å². The maximum absolute atomic E-state index is 13.6. The highest BCUT2D eigenvalue weighted by Crippen LogP contribution is 2.55. The number of fused-ring (bicyclic) bond motifs is 1. The number of sulfone groups is 1. The number of carbonyl (C=O) groups is 1. The molecule has 0 spiro atoms. The molecular formula is C24H24O3S2. The first-order valence-corrected chi connectivity index (χ1v) is 12.3. The van der Waals surface area contributed by atoms with Gasteiger partial charge in [-0.2, -0.15) is 0 Å². The molecule has 2 aromatic rings.